The van der Waals surface area contributed by atoms with Crippen LogP contribution in [0.3, 0.4) is 0 Å². The third kappa shape index (κ3) is 4.17. The number of aryl methyl sites for hydroxylation is 1. The summed E-state index contributed by atoms with van der Waals surface area (Å²) in [6, 6.07) is 12.7. The van der Waals surface area contributed by atoms with Crippen molar-refractivity contribution in [3.05, 3.63) is 63.4 Å². The van der Waals surface area contributed by atoms with Crippen molar-refractivity contribution in [2.75, 3.05) is 6.54 Å². The molecule has 140 valence electrons. The minimum atomic E-state index is -0.399. The number of rotatable bonds is 5. The quantitative estimate of drug-likeness (QED) is 0.519. The molecule has 0 aliphatic carbocycles. The first-order valence-corrected chi connectivity index (χ1v) is 9.90. The summed E-state index contributed by atoms with van der Waals surface area (Å²) in [4.78, 5) is 30.0. The number of hydrogen-bond donors (Lipinski definition) is 1. The smallest absolute Gasteiger partial charge is 0.266 e. The fourth-order valence-corrected chi connectivity index (χ4v) is 3.86. The molecule has 5 nitrogen and oxygen atoms in total. The van der Waals surface area contributed by atoms with Crippen LogP contribution < -0.4 is 10.9 Å². The second-order valence-corrected chi connectivity index (χ2v) is 7.93. The highest BCUT2D eigenvalue weighted by molar-refractivity contribution is 8.00. The average molecular weight is 402 g/mol. The molecule has 0 bridgehead atoms. The highest BCUT2D eigenvalue weighted by Gasteiger charge is 2.20. The van der Waals surface area contributed by atoms with Gasteiger partial charge >= 0.3 is 0 Å². The lowest BCUT2D eigenvalue weighted by Crippen LogP contribution is -2.31. The topological polar surface area (TPSA) is 64.0 Å². The van der Waals surface area contributed by atoms with E-state index in [1.165, 1.54) is 11.8 Å². The second-order valence-electron chi connectivity index (χ2n) is 6.19. The van der Waals surface area contributed by atoms with Gasteiger partial charge in [-0.1, -0.05) is 35.5 Å². The first-order valence-electron chi connectivity index (χ1n) is 8.64. The standard InChI is InChI=1S/C20H20ClN3O2S/c1-4-22-18(25)13(3)27-20-23-17-11-14(21)8-9-16(17)19(26)24(20)15-7-5-6-12(2)10-15/h5-11,13H,4H2,1-3H3,(H,22,25)/t13-/m1/s1. The number of amides is 1. The van der Waals surface area contributed by atoms with E-state index in [1.807, 2.05) is 38.1 Å². The fraction of sp³-hybridized carbons (Fsp3) is 0.250. The summed E-state index contributed by atoms with van der Waals surface area (Å²) in [6.45, 7) is 6.18. The van der Waals surface area contributed by atoms with Crippen LogP contribution in [0.2, 0.25) is 5.02 Å². The van der Waals surface area contributed by atoms with Crippen molar-refractivity contribution >= 4 is 40.2 Å². The Hall–Kier alpha value is -2.31. The van der Waals surface area contributed by atoms with Gasteiger partial charge in [-0.05, 0) is 56.7 Å². The molecule has 0 aliphatic rings. The lowest BCUT2D eigenvalue weighted by Gasteiger charge is -2.16. The third-order valence-electron chi connectivity index (χ3n) is 4.06. The summed E-state index contributed by atoms with van der Waals surface area (Å²) in [5.74, 6) is -0.0984. The van der Waals surface area contributed by atoms with Gasteiger partial charge < -0.3 is 5.32 Å². The summed E-state index contributed by atoms with van der Waals surface area (Å²) in [6.07, 6.45) is 0. The Bertz CT molecular complexity index is 1060. The third-order valence-corrected chi connectivity index (χ3v) is 5.35. The van der Waals surface area contributed by atoms with Gasteiger partial charge in [-0.25, -0.2) is 4.98 Å². The van der Waals surface area contributed by atoms with Crippen molar-refractivity contribution in [2.24, 2.45) is 0 Å². The number of benzene rings is 2. The zero-order valence-electron chi connectivity index (χ0n) is 15.3. The van der Waals surface area contributed by atoms with Gasteiger partial charge in [0.25, 0.3) is 5.56 Å². The number of nitrogens with one attached hydrogen (secondary N) is 1. The summed E-state index contributed by atoms with van der Waals surface area (Å²) >= 11 is 7.33. The molecule has 1 aromatic heterocycles. The van der Waals surface area contributed by atoms with E-state index < -0.39 is 5.25 Å². The average Bonchev–Trinajstić information content (AvgIpc) is 2.61. The predicted molar refractivity (Wildman–Crippen MR) is 111 cm³/mol. The van der Waals surface area contributed by atoms with Crippen LogP contribution in [0.25, 0.3) is 16.6 Å². The first-order chi connectivity index (χ1) is 12.9. The van der Waals surface area contributed by atoms with E-state index in [1.54, 1.807) is 29.7 Å². The van der Waals surface area contributed by atoms with Gasteiger partial charge in [0.2, 0.25) is 5.91 Å². The fourth-order valence-electron chi connectivity index (χ4n) is 2.74. The maximum Gasteiger partial charge on any atom is 0.266 e. The van der Waals surface area contributed by atoms with Crippen molar-refractivity contribution in [1.29, 1.82) is 0 Å². The second kappa shape index (κ2) is 8.15. The molecule has 7 heteroatoms. The Morgan fingerprint density at radius 3 is 2.78 bits per heavy atom. The van der Waals surface area contributed by atoms with Crippen LogP contribution in [-0.4, -0.2) is 27.3 Å². The molecule has 0 radical (unpaired) electrons. The molecule has 0 fully saturated rings. The van der Waals surface area contributed by atoms with E-state index in [2.05, 4.69) is 10.3 Å². The summed E-state index contributed by atoms with van der Waals surface area (Å²) in [7, 11) is 0. The molecule has 3 aromatic rings. The van der Waals surface area contributed by atoms with Gasteiger partial charge in [0.15, 0.2) is 5.16 Å². The van der Waals surface area contributed by atoms with E-state index in [4.69, 9.17) is 11.6 Å². The molecule has 0 saturated heterocycles. The molecule has 2 aromatic carbocycles. The maximum absolute atomic E-state index is 13.2. The van der Waals surface area contributed by atoms with E-state index in [9.17, 15) is 9.59 Å². The van der Waals surface area contributed by atoms with Crippen LogP contribution in [0.1, 0.15) is 19.4 Å². The number of hydrogen-bond acceptors (Lipinski definition) is 4. The Labute approximate surface area is 166 Å². The van der Waals surface area contributed by atoms with E-state index in [-0.39, 0.29) is 11.5 Å². The number of carbonyl (C=O) groups is 1. The maximum atomic E-state index is 13.2. The molecule has 3 rings (SSSR count). The monoisotopic (exact) mass is 401 g/mol. The summed E-state index contributed by atoms with van der Waals surface area (Å²) < 4.78 is 1.56. The molecule has 0 saturated carbocycles. The predicted octanol–water partition coefficient (Wildman–Crippen LogP) is 3.96. The van der Waals surface area contributed by atoms with Crippen molar-refractivity contribution in [1.82, 2.24) is 14.9 Å². The largest absolute Gasteiger partial charge is 0.355 e. The highest BCUT2D eigenvalue weighted by atomic mass is 35.5. The molecule has 1 atom stereocenters. The first kappa shape index (κ1) is 19.5. The van der Waals surface area contributed by atoms with Crippen LogP contribution >= 0.6 is 23.4 Å². The van der Waals surface area contributed by atoms with E-state index >= 15 is 0 Å². The molecular weight excluding hydrogens is 382 g/mol. The molecule has 1 amide bonds. The molecule has 1 heterocycles. The van der Waals surface area contributed by atoms with E-state index in [0.717, 1.165) is 11.3 Å². The Morgan fingerprint density at radius 2 is 2.07 bits per heavy atom. The van der Waals surface area contributed by atoms with Crippen molar-refractivity contribution in [2.45, 2.75) is 31.2 Å². The lowest BCUT2D eigenvalue weighted by atomic mass is 10.2. The Balaban J connectivity index is 2.21. The van der Waals surface area contributed by atoms with Gasteiger partial charge in [-0.3, -0.25) is 14.2 Å². The van der Waals surface area contributed by atoms with E-state index in [0.29, 0.717) is 27.6 Å². The van der Waals surface area contributed by atoms with Crippen molar-refractivity contribution in [3.63, 3.8) is 0 Å². The molecule has 1 N–H and O–H groups in total. The van der Waals surface area contributed by atoms with Crippen LogP contribution in [0.5, 0.6) is 0 Å². The van der Waals surface area contributed by atoms with Gasteiger partial charge in [-0.2, -0.15) is 0 Å². The highest BCUT2D eigenvalue weighted by Crippen LogP contribution is 2.26. The van der Waals surface area contributed by atoms with Gasteiger partial charge in [0.1, 0.15) is 0 Å². The number of halogens is 1. The molecule has 0 unspecified atom stereocenters. The molecule has 0 spiro atoms. The van der Waals surface area contributed by atoms with Crippen LogP contribution in [-0.2, 0) is 4.79 Å². The van der Waals surface area contributed by atoms with Crippen LogP contribution in [0.15, 0.2) is 52.4 Å². The zero-order valence-corrected chi connectivity index (χ0v) is 16.9. The Kier molecular flexibility index (Phi) is 5.87. The number of fused-ring (bicyclic) bond motifs is 1. The minimum Gasteiger partial charge on any atom is -0.355 e. The minimum absolute atomic E-state index is 0.0984. The van der Waals surface area contributed by atoms with Crippen molar-refractivity contribution in [3.8, 4) is 5.69 Å². The zero-order chi connectivity index (χ0) is 19.6. The molecule has 0 aliphatic heterocycles. The van der Waals surface area contributed by atoms with Crippen molar-refractivity contribution < 1.29 is 4.79 Å². The van der Waals surface area contributed by atoms with Gasteiger partial charge in [0.05, 0.1) is 21.8 Å². The lowest BCUT2D eigenvalue weighted by molar-refractivity contribution is -0.120. The number of thioether (sulfide) groups is 1. The normalized spacial score (nSPS) is 12.1. The number of aromatic nitrogens is 2. The van der Waals surface area contributed by atoms with Crippen LogP contribution in [0.4, 0.5) is 0 Å². The Morgan fingerprint density at radius 1 is 1.30 bits per heavy atom. The number of carbonyl (C=O) groups excluding carboxylic acids is 1. The summed E-state index contributed by atoms with van der Waals surface area (Å²) in [5, 5.41) is 3.85. The van der Waals surface area contributed by atoms with Gasteiger partial charge in [0, 0.05) is 11.6 Å². The number of nitrogens with zero attached hydrogens (tertiary/aromatic N) is 2. The summed E-state index contributed by atoms with van der Waals surface area (Å²) in [5.41, 5.74) is 2.08. The molecule has 27 heavy (non-hydrogen) atoms. The molecular formula is C20H20ClN3O2S. The van der Waals surface area contributed by atoms with Crippen LogP contribution in [0, 0.1) is 6.92 Å². The van der Waals surface area contributed by atoms with Gasteiger partial charge in [-0.15, -0.1) is 0 Å². The SMILES string of the molecule is CCNC(=O)[C@@H](C)Sc1nc2cc(Cl)ccc2c(=O)n1-c1cccc(C)c1.